The Morgan fingerprint density at radius 1 is 1.18 bits per heavy atom. The number of methoxy groups -OCH3 is 1. The number of halogens is 1. The third-order valence-electron chi connectivity index (χ3n) is 5.48. The molecule has 1 aliphatic heterocycles. The quantitative estimate of drug-likeness (QED) is 0.439. The van der Waals surface area contributed by atoms with E-state index in [1.54, 1.807) is 19.2 Å². The number of carbonyl (C=O) groups excluding carboxylic acids is 2. The minimum absolute atomic E-state index is 0.179. The van der Waals surface area contributed by atoms with Gasteiger partial charge in [-0.1, -0.05) is 42.5 Å². The van der Waals surface area contributed by atoms with Crippen LogP contribution in [0.15, 0.2) is 59.5 Å². The molecule has 0 bridgehead atoms. The summed E-state index contributed by atoms with van der Waals surface area (Å²) < 4.78 is 18.8. The number of aliphatic hydroxyl groups excluding tert-OH is 3. The van der Waals surface area contributed by atoms with Gasteiger partial charge in [0.1, 0.15) is 30.2 Å². The molecular formula is C24H27FN2O6S. The first-order valence-electron chi connectivity index (χ1n) is 10.5. The van der Waals surface area contributed by atoms with E-state index in [2.05, 4.69) is 5.32 Å². The fourth-order valence-electron chi connectivity index (χ4n) is 3.52. The van der Waals surface area contributed by atoms with Crippen molar-refractivity contribution in [2.75, 3.05) is 24.8 Å². The van der Waals surface area contributed by atoms with Crippen molar-refractivity contribution in [1.29, 1.82) is 0 Å². The number of amides is 2. The molecule has 0 radical (unpaired) electrons. The molecule has 0 saturated heterocycles. The van der Waals surface area contributed by atoms with Crippen molar-refractivity contribution in [3.05, 3.63) is 66.0 Å². The van der Waals surface area contributed by atoms with Crippen LogP contribution in [0.1, 0.15) is 5.56 Å². The average molecular weight is 491 g/mol. The smallest absolute Gasteiger partial charge is 0.252 e. The number of nitrogens with zero attached hydrogens (tertiary/aromatic N) is 1. The Morgan fingerprint density at radius 3 is 2.56 bits per heavy atom. The van der Waals surface area contributed by atoms with Crippen LogP contribution in [-0.4, -0.2) is 77.5 Å². The molecule has 1 unspecified atom stereocenters. The molecule has 1 heterocycles. The highest BCUT2D eigenvalue weighted by molar-refractivity contribution is 7.99. The zero-order valence-electron chi connectivity index (χ0n) is 18.7. The standard InChI is InChI=1S/C24H27FN2O6S/c1-27-17-9-5-6-10-19(17)34-13-16(24(27)32)26-23(31)22(33-2)21(30)20(29)18(28)12-11-14-7-3-4-8-15(14)25/h3-12,16,18,20-22,28-30H,13H2,1-2H3,(H,26,31)/t16?,18-,20+,21-,22-/m1/s1. The van der Waals surface area contributed by atoms with Crippen LogP contribution in [-0.2, 0) is 14.3 Å². The molecule has 3 rings (SSSR count). The van der Waals surface area contributed by atoms with Gasteiger partial charge in [0.05, 0.1) is 5.69 Å². The molecule has 0 spiro atoms. The van der Waals surface area contributed by atoms with Gasteiger partial charge in [-0.05, 0) is 18.2 Å². The largest absolute Gasteiger partial charge is 0.387 e. The zero-order chi connectivity index (χ0) is 24.8. The van der Waals surface area contributed by atoms with Gasteiger partial charge in [0.25, 0.3) is 5.91 Å². The summed E-state index contributed by atoms with van der Waals surface area (Å²) in [7, 11) is 2.77. The van der Waals surface area contributed by atoms with E-state index in [1.165, 1.54) is 40.9 Å². The zero-order valence-corrected chi connectivity index (χ0v) is 19.5. The predicted molar refractivity (Wildman–Crippen MR) is 127 cm³/mol. The Labute approximate surface area is 201 Å². The number of benzene rings is 2. The van der Waals surface area contributed by atoms with E-state index in [0.29, 0.717) is 0 Å². The van der Waals surface area contributed by atoms with Crippen LogP contribution in [0, 0.1) is 5.82 Å². The summed E-state index contributed by atoms with van der Waals surface area (Å²) in [5, 5.41) is 33.7. The fourth-order valence-corrected chi connectivity index (χ4v) is 4.62. The van der Waals surface area contributed by atoms with Gasteiger partial charge in [0, 0.05) is 30.4 Å². The van der Waals surface area contributed by atoms with E-state index in [-0.39, 0.29) is 17.2 Å². The lowest BCUT2D eigenvalue weighted by Crippen LogP contribution is -2.56. The van der Waals surface area contributed by atoms with Gasteiger partial charge in [-0.15, -0.1) is 11.8 Å². The summed E-state index contributed by atoms with van der Waals surface area (Å²) in [6.07, 6.45) is -4.46. The van der Waals surface area contributed by atoms with Gasteiger partial charge in [0.15, 0.2) is 6.10 Å². The number of aliphatic hydroxyl groups is 3. The number of hydrogen-bond donors (Lipinski definition) is 4. The maximum atomic E-state index is 13.7. The second-order valence-corrected chi connectivity index (χ2v) is 8.81. The summed E-state index contributed by atoms with van der Waals surface area (Å²) in [5.41, 5.74) is 0.900. The summed E-state index contributed by atoms with van der Waals surface area (Å²) in [4.78, 5) is 28.1. The molecule has 0 aromatic heterocycles. The number of para-hydroxylation sites is 1. The lowest BCUT2D eigenvalue weighted by atomic mass is 10.0. The Balaban J connectivity index is 1.66. The molecule has 10 heteroatoms. The van der Waals surface area contributed by atoms with Gasteiger partial charge in [0.2, 0.25) is 5.91 Å². The van der Waals surface area contributed by atoms with Gasteiger partial charge < -0.3 is 30.3 Å². The van der Waals surface area contributed by atoms with E-state index in [4.69, 9.17) is 4.74 Å². The monoisotopic (exact) mass is 490 g/mol. The van der Waals surface area contributed by atoms with Crippen molar-refractivity contribution in [3.63, 3.8) is 0 Å². The molecule has 1 aliphatic rings. The number of likely N-dealkylation sites (N-methyl/N-ethyl adjacent to an activating group) is 1. The van der Waals surface area contributed by atoms with Crippen molar-refractivity contribution < 1.29 is 34.0 Å². The van der Waals surface area contributed by atoms with Crippen LogP contribution in [0.2, 0.25) is 0 Å². The predicted octanol–water partition coefficient (Wildman–Crippen LogP) is 1.19. The Bertz CT molecular complexity index is 1050. The molecule has 182 valence electrons. The van der Waals surface area contributed by atoms with E-state index >= 15 is 0 Å². The maximum absolute atomic E-state index is 13.7. The van der Waals surface area contributed by atoms with E-state index in [9.17, 15) is 29.3 Å². The first-order valence-corrected chi connectivity index (χ1v) is 11.5. The lowest BCUT2D eigenvalue weighted by Gasteiger charge is -2.28. The molecular weight excluding hydrogens is 463 g/mol. The van der Waals surface area contributed by atoms with Gasteiger partial charge >= 0.3 is 0 Å². The SMILES string of the molecule is CO[C@@H](C(=O)NC1CSc2ccccc2N(C)C1=O)[C@H](O)[C@@H](O)[C@H](O)C=Cc1ccccc1F. The molecule has 5 atom stereocenters. The molecule has 34 heavy (non-hydrogen) atoms. The number of carbonyl (C=O) groups is 2. The van der Waals surface area contributed by atoms with Crippen LogP contribution >= 0.6 is 11.8 Å². The third kappa shape index (κ3) is 5.83. The average Bonchev–Trinajstić information content (AvgIpc) is 2.95. The Morgan fingerprint density at radius 2 is 1.85 bits per heavy atom. The number of ether oxygens (including phenoxy) is 1. The normalized spacial score (nSPS) is 19.8. The number of nitrogens with one attached hydrogen (secondary N) is 1. The van der Waals surface area contributed by atoms with Crippen LogP contribution < -0.4 is 10.2 Å². The molecule has 0 saturated carbocycles. The Hall–Kier alpha value is -2.76. The summed E-state index contributed by atoms with van der Waals surface area (Å²) in [5.74, 6) is -1.43. The fraction of sp³-hybridized carbons (Fsp3) is 0.333. The van der Waals surface area contributed by atoms with Crippen LogP contribution in [0.5, 0.6) is 0 Å². The highest BCUT2D eigenvalue weighted by Gasteiger charge is 2.38. The molecule has 0 fully saturated rings. The van der Waals surface area contributed by atoms with E-state index in [0.717, 1.165) is 23.8 Å². The first-order chi connectivity index (χ1) is 16.2. The van der Waals surface area contributed by atoms with Crippen LogP contribution in [0.4, 0.5) is 10.1 Å². The molecule has 2 amide bonds. The minimum atomic E-state index is -1.83. The second kappa shape index (κ2) is 11.6. The highest BCUT2D eigenvalue weighted by atomic mass is 32.2. The van der Waals surface area contributed by atoms with E-state index < -0.39 is 42.2 Å². The number of fused-ring (bicyclic) bond motifs is 1. The van der Waals surface area contributed by atoms with Gasteiger partial charge in [-0.25, -0.2) is 4.39 Å². The number of anilines is 1. The molecule has 0 aliphatic carbocycles. The topological polar surface area (TPSA) is 119 Å². The molecule has 2 aromatic carbocycles. The minimum Gasteiger partial charge on any atom is -0.387 e. The first kappa shape index (κ1) is 25.9. The molecule has 8 nitrogen and oxygen atoms in total. The van der Waals surface area contributed by atoms with Crippen molar-refractivity contribution in [3.8, 4) is 0 Å². The van der Waals surface area contributed by atoms with Crippen molar-refractivity contribution in [2.24, 2.45) is 0 Å². The summed E-state index contributed by atoms with van der Waals surface area (Å²) >= 11 is 1.40. The van der Waals surface area contributed by atoms with Crippen molar-refractivity contribution in [1.82, 2.24) is 5.32 Å². The highest BCUT2D eigenvalue weighted by Crippen LogP contribution is 2.33. The third-order valence-corrected chi connectivity index (χ3v) is 6.63. The number of hydrogen-bond acceptors (Lipinski definition) is 7. The number of rotatable bonds is 8. The summed E-state index contributed by atoms with van der Waals surface area (Å²) in [6.45, 7) is 0. The second-order valence-electron chi connectivity index (χ2n) is 7.75. The maximum Gasteiger partial charge on any atom is 0.252 e. The lowest BCUT2D eigenvalue weighted by molar-refractivity contribution is -0.150. The molecule has 4 N–H and O–H groups in total. The number of thioether (sulfide) groups is 1. The van der Waals surface area contributed by atoms with E-state index in [1.807, 2.05) is 18.2 Å². The summed E-state index contributed by atoms with van der Waals surface area (Å²) in [6, 6.07) is 12.3. The molecule has 2 aromatic rings. The van der Waals surface area contributed by atoms with Crippen LogP contribution in [0.3, 0.4) is 0 Å². The van der Waals surface area contributed by atoms with Crippen LogP contribution in [0.25, 0.3) is 6.08 Å². The van der Waals surface area contributed by atoms with Crippen molar-refractivity contribution >= 4 is 35.3 Å². The van der Waals surface area contributed by atoms with Crippen molar-refractivity contribution in [2.45, 2.75) is 35.4 Å². The van der Waals surface area contributed by atoms with Gasteiger partial charge in [-0.3, -0.25) is 9.59 Å². The van der Waals surface area contributed by atoms with Gasteiger partial charge in [-0.2, -0.15) is 0 Å². The Kier molecular flexibility index (Phi) is 8.81.